The van der Waals surface area contributed by atoms with Crippen LogP contribution in [0.15, 0.2) is 66.9 Å². The molecule has 1 aliphatic rings. The highest BCUT2D eigenvalue weighted by Gasteiger charge is 2.06. The highest BCUT2D eigenvalue weighted by atomic mass is 16.5. The van der Waals surface area contributed by atoms with Crippen LogP contribution in [0.3, 0.4) is 0 Å². The number of rotatable bonds is 0. The van der Waals surface area contributed by atoms with E-state index in [0.29, 0.717) is 31.5 Å². The van der Waals surface area contributed by atoms with E-state index in [4.69, 9.17) is 15.2 Å². The summed E-state index contributed by atoms with van der Waals surface area (Å²) >= 11 is 0. The molecule has 6 nitrogen and oxygen atoms in total. The summed E-state index contributed by atoms with van der Waals surface area (Å²) in [4.78, 5) is 8.96. The van der Waals surface area contributed by atoms with Crippen LogP contribution in [0, 0.1) is 0 Å². The quantitative estimate of drug-likeness (QED) is 0.450. The molecule has 0 saturated heterocycles. The number of anilines is 3. The minimum absolute atomic E-state index is 0.478. The molecule has 3 N–H and O–H groups in total. The summed E-state index contributed by atoms with van der Waals surface area (Å²) in [6, 6.07) is 15.5. The van der Waals surface area contributed by atoms with Gasteiger partial charge in [-0.2, -0.15) is 0 Å². The Hall–Kier alpha value is -3.38. The van der Waals surface area contributed by atoms with Crippen LogP contribution in [0.1, 0.15) is 12.0 Å². The summed E-state index contributed by atoms with van der Waals surface area (Å²) < 4.78 is 11.6. The van der Waals surface area contributed by atoms with E-state index in [9.17, 15) is 0 Å². The van der Waals surface area contributed by atoms with Crippen LogP contribution in [0.25, 0.3) is 11.3 Å². The Morgan fingerprint density at radius 1 is 1.04 bits per heavy atom. The molecule has 0 saturated carbocycles. The Balaban J connectivity index is 1.68. The lowest BCUT2D eigenvalue weighted by Crippen LogP contribution is -2.01. The standard InChI is InChI=1S/C22H22N4O2/c23-18-11-16-12-19(14-18)25-22-24-8-7-21(26-22)17-5-4-6-20(13-17)28-10-3-1-2-9-27-15-16/h1-2,4-8,11-14H,3,9-10,15,23H2,(H,24,25,26)/b2-1+. The molecule has 2 aromatic carbocycles. The van der Waals surface area contributed by atoms with Gasteiger partial charge in [0.05, 0.1) is 25.5 Å². The number of nitrogen functional groups attached to an aromatic ring is 1. The maximum atomic E-state index is 6.05. The Morgan fingerprint density at radius 3 is 2.96 bits per heavy atom. The normalized spacial score (nSPS) is 15.4. The van der Waals surface area contributed by atoms with Gasteiger partial charge in [-0.15, -0.1) is 0 Å². The summed E-state index contributed by atoms with van der Waals surface area (Å²) in [5.74, 6) is 1.32. The van der Waals surface area contributed by atoms with E-state index in [1.54, 1.807) is 6.20 Å². The molecule has 0 aliphatic carbocycles. The van der Waals surface area contributed by atoms with Crippen molar-refractivity contribution in [3.05, 3.63) is 72.4 Å². The van der Waals surface area contributed by atoms with Gasteiger partial charge in [-0.3, -0.25) is 0 Å². The molecular weight excluding hydrogens is 352 g/mol. The van der Waals surface area contributed by atoms with Gasteiger partial charge in [-0.1, -0.05) is 24.3 Å². The van der Waals surface area contributed by atoms with E-state index < -0.39 is 0 Å². The fraction of sp³-hybridized carbons (Fsp3) is 0.182. The van der Waals surface area contributed by atoms with E-state index in [2.05, 4.69) is 21.4 Å². The van der Waals surface area contributed by atoms with Gasteiger partial charge in [0.2, 0.25) is 5.95 Å². The lowest BCUT2D eigenvalue weighted by molar-refractivity contribution is 0.148. The first-order chi connectivity index (χ1) is 13.8. The van der Waals surface area contributed by atoms with Crippen LogP contribution < -0.4 is 15.8 Å². The van der Waals surface area contributed by atoms with Crippen LogP contribution in [-0.4, -0.2) is 23.2 Å². The molecule has 4 rings (SSSR count). The van der Waals surface area contributed by atoms with Crippen molar-refractivity contribution >= 4 is 17.3 Å². The Labute approximate surface area is 164 Å². The van der Waals surface area contributed by atoms with Gasteiger partial charge < -0.3 is 20.5 Å². The van der Waals surface area contributed by atoms with Gasteiger partial charge in [0.25, 0.3) is 0 Å². The zero-order valence-electron chi connectivity index (χ0n) is 15.5. The van der Waals surface area contributed by atoms with Crippen LogP contribution in [-0.2, 0) is 11.3 Å². The Morgan fingerprint density at radius 2 is 2.00 bits per heavy atom. The number of nitrogens with two attached hydrogens (primary N) is 1. The number of aromatic nitrogens is 2. The molecular formula is C22H22N4O2. The first-order valence-corrected chi connectivity index (χ1v) is 9.22. The van der Waals surface area contributed by atoms with Crippen LogP contribution in [0.2, 0.25) is 0 Å². The SMILES string of the molecule is Nc1cc2cc(c1)Nc1nccc(n1)-c1cccc(c1)OCC/C=C/COC2. The minimum atomic E-state index is 0.478. The molecule has 6 bridgehead atoms. The molecule has 0 fully saturated rings. The number of nitrogens with one attached hydrogen (secondary N) is 1. The van der Waals surface area contributed by atoms with Crippen molar-refractivity contribution in [3.63, 3.8) is 0 Å². The summed E-state index contributed by atoms with van der Waals surface area (Å²) in [5.41, 5.74) is 10.3. The zero-order chi connectivity index (χ0) is 19.2. The van der Waals surface area contributed by atoms with Crippen LogP contribution >= 0.6 is 0 Å². The van der Waals surface area contributed by atoms with Gasteiger partial charge in [0.1, 0.15) is 5.75 Å². The molecule has 0 unspecified atom stereocenters. The number of nitrogens with zero attached hydrogens (tertiary/aromatic N) is 2. The number of hydrogen-bond donors (Lipinski definition) is 2. The van der Waals surface area contributed by atoms with E-state index in [-0.39, 0.29) is 0 Å². The third-order valence-electron chi connectivity index (χ3n) is 4.26. The van der Waals surface area contributed by atoms with Crippen molar-refractivity contribution in [1.29, 1.82) is 0 Å². The monoisotopic (exact) mass is 374 g/mol. The van der Waals surface area contributed by atoms with Gasteiger partial charge in [-0.25, -0.2) is 9.97 Å². The highest BCUT2D eigenvalue weighted by molar-refractivity contribution is 5.65. The van der Waals surface area contributed by atoms with Crippen LogP contribution in [0.4, 0.5) is 17.3 Å². The summed E-state index contributed by atoms with van der Waals surface area (Å²) in [6.45, 7) is 1.62. The number of fused-ring (bicyclic) bond motifs is 7. The average molecular weight is 374 g/mol. The van der Waals surface area contributed by atoms with Crippen molar-refractivity contribution in [2.75, 3.05) is 24.3 Å². The van der Waals surface area contributed by atoms with Crippen molar-refractivity contribution in [2.45, 2.75) is 13.0 Å². The molecule has 1 aliphatic heterocycles. The maximum absolute atomic E-state index is 6.05. The second-order valence-corrected chi connectivity index (χ2v) is 6.51. The van der Waals surface area contributed by atoms with Crippen LogP contribution in [0.5, 0.6) is 5.75 Å². The lowest BCUT2D eigenvalue weighted by atomic mass is 10.1. The number of ether oxygens (including phenoxy) is 2. The van der Waals surface area contributed by atoms with Gasteiger partial charge in [0.15, 0.2) is 0 Å². The maximum Gasteiger partial charge on any atom is 0.227 e. The first kappa shape index (κ1) is 18.0. The van der Waals surface area contributed by atoms with E-state index in [0.717, 1.165) is 34.7 Å². The molecule has 28 heavy (non-hydrogen) atoms. The summed E-state index contributed by atoms with van der Waals surface area (Å²) in [6.07, 6.45) is 6.62. The zero-order valence-corrected chi connectivity index (χ0v) is 15.5. The van der Waals surface area contributed by atoms with Gasteiger partial charge >= 0.3 is 0 Å². The van der Waals surface area contributed by atoms with Gasteiger partial charge in [-0.05, 0) is 48.4 Å². The number of benzene rings is 2. The lowest BCUT2D eigenvalue weighted by Gasteiger charge is -2.11. The highest BCUT2D eigenvalue weighted by Crippen LogP contribution is 2.25. The largest absolute Gasteiger partial charge is 0.493 e. The second-order valence-electron chi connectivity index (χ2n) is 6.51. The fourth-order valence-electron chi connectivity index (χ4n) is 3.00. The molecule has 0 radical (unpaired) electrons. The molecule has 142 valence electrons. The topological polar surface area (TPSA) is 82.3 Å². The summed E-state index contributed by atoms with van der Waals surface area (Å²) in [5, 5.41) is 3.23. The molecule has 6 heteroatoms. The van der Waals surface area contributed by atoms with E-state index in [1.165, 1.54) is 0 Å². The molecule has 1 aromatic heterocycles. The molecule has 0 atom stereocenters. The molecule has 0 spiro atoms. The van der Waals surface area contributed by atoms with Crippen molar-refractivity contribution < 1.29 is 9.47 Å². The minimum Gasteiger partial charge on any atom is -0.493 e. The van der Waals surface area contributed by atoms with Gasteiger partial charge in [0, 0.05) is 23.1 Å². The smallest absolute Gasteiger partial charge is 0.227 e. The van der Waals surface area contributed by atoms with E-state index in [1.807, 2.05) is 54.6 Å². The van der Waals surface area contributed by atoms with Crippen molar-refractivity contribution in [2.24, 2.45) is 0 Å². The third kappa shape index (κ3) is 4.66. The predicted octanol–water partition coefficient (Wildman–Crippen LogP) is 4.32. The number of hydrogen-bond acceptors (Lipinski definition) is 6. The fourth-order valence-corrected chi connectivity index (χ4v) is 3.00. The molecule has 2 heterocycles. The Kier molecular flexibility index (Phi) is 5.49. The molecule has 3 aromatic rings. The van der Waals surface area contributed by atoms with E-state index >= 15 is 0 Å². The third-order valence-corrected chi connectivity index (χ3v) is 4.26. The molecule has 0 amide bonds. The second kappa shape index (κ2) is 8.54. The summed E-state index contributed by atoms with van der Waals surface area (Å²) in [7, 11) is 0. The average Bonchev–Trinajstić information content (AvgIpc) is 2.69. The first-order valence-electron chi connectivity index (χ1n) is 9.22. The Bertz CT molecular complexity index is 988. The van der Waals surface area contributed by atoms with Crippen molar-refractivity contribution in [3.8, 4) is 17.0 Å². The predicted molar refractivity (Wildman–Crippen MR) is 111 cm³/mol. The van der Waals surface area contributed by atoms with Crippen molar-refractivity contribution in [1.82, 2.24) is 9.97 Å².